The van der Waals surface area contributed by atoms with Crippen LogP contribution < -0.4 is 5.73 Å². The molecule has 1 aliphatic heterocycles. The average Bonchev–Trinajstić information content (AvgIpc) is 3.18. The second-order valence-corrected chi connectivity index (χ2v) is 6.53. The van der Waals surface area contributed by atoms with Gasteiger partial charge in [0.1, 0.15) is 4.88 Å². The molecule has 22 heavy (non-hydrogen) atoms. The minimum atomic E-state index is 0. The first-order valence-electron chi connectivity index (χ1n) is 6.60. The zero-order chi connectivity index (χ0) is 14.2. The van der Waals surface area contributed by atoms with Gasteiger partial charge < -0.3 is 15.1 Å². The van der Waals surface area contributed by atoms with Crippen LogP contribution in [-0.2, 0) is 0 Å². The van der Waals surface area contributed by atoms with Crippen molar-refractivity contribution in [3.05, 3.63) is 29.5 Å². The minimum absolute atomic E-state index is 0. The molecule has 1 unspecified atom stereocenters. The highest BCUT2D eigenvalue weighted by molar-refractivity contribution is 7.16. The van der Waals surface area contributed by atoms with Crippen molar-refractivity contribution in [2.45, 2.75) is 13.3 Å². The van der Waals surface area contributed by atoms with Gasteiger partial charge in [-0.25, -0.2) is 4.98 Å². The third-order valence-corrected chi connectivity index (χ3v) is 4.79. The number of rotatable bonds is 3. The van der Waals surface area contributed by atoms with Crippen LogP contribution >= 0.6 is 36.2 Å². The molecule has 1 fully saturated rings. The van der Waals surface area contributed by atoms with Crippen LogP contribution in [0.15, 0.2) is 29.0 Å². The lowest BCUT2D eigenvalue weighted by atomic mass is 9.90. The van der Waals surface area contributed by atoms with Crippen molar-refractivity contribution in [2.75, 3.05) is 19.6 Å². The fourth-order valence-corrected chi connectivity index (χ4v) is 3.26. The van der Waals surface area contributed by atoms with Crippen LogP contribution in [0.4, 0.5) is 0 Å². The standard InChI is InChI=1S/C14H17N3O2S.2ClH/c1-14(8-15)4-5-17(9-14)13(18)11-7-16-12(20-11)10-3-2-6-19-10;;/h2-3,6-7H,4-5,8-9,15H2,1H3;2*1H. The van der Waals surface area contributed by atoms with E-state index in [4.69, 9.17) is 10.2 Å². The molecule has 0 aromatic carbocycles. The first-order chi connectivity index (χ1) is 9.61. The molecule has 122 valence electrons. The molecule has 0 radical (unpaired) electrons. The molecule has 2 aromatic rings. The van der Waals surface area contributed by atoms with E-state index in [2.05, 4.69) is 11.9 Å². The quantitative estimate of drug-likeness (QED) is 0.909. The van der Waals surface area contributed by atoms with E-state index in [9.17, 15) is 4.79 Å². The zero-order valence-corrected chi connectivity index (χ0v) is 14.6. The van der Waals surface area contributed by atoms with Gasteiger partial charge in [0.2, 0.25) is 0 Å². The highest BCUT2D eigenvalue weighted by Crippen LogP contribution is 2.31. The van der Waals surface area contributed by atoms with E-state index in [0.29, 0.717) is 17.2 Å². The van der Waals surface area contributed by atoms with Gasteiger partial charge in [0, 0.05) is 13.1 Å². The lowest BCUT2D eigenvalue weighted by Crippen LogP contribution is -2.34. The molecule has 0 saturated carbocycles. The molecule has 5 nitrogen and oxygen atoms in total. The lowest BCUT2D eigenvalue weighted by molar-refractivity contribution is 0.0781. The number of furan rings is 1. The molecular formula is C14H19Cl2N3O2S. The highest BCUT2D eigenvalue weighted by atomic mass is 35.5. The van der Waals surface area contributed by atoms with Gasteiger partial charge in [-0.2, -0.15) is 0 Å². The van der Waals surface area contributed by atoms with Gasteiger partial charge in [-0.3, -0.25) is 4.79 Å². The van der Waals surface area contributed by atoms with Gasteiger partial charge in [0.05, 0.1) is 12.5 Å². The van der Waals surface area contributed by atoms with Gasteiger partial charge in [-0.15, -0.1) is 36.2 Å². The number of likely N-dealkylation sites (tertiary alicyclic amines) is 1. The summed E-state index contributed by atoms with van der Waals surface area (Å²) in [5, 5.41) is 0.735. The Labute approximate surface area is 145 Å². The summed E-state index contributed by atoms with van der Waals surface area (Å²) in [7, 11) is 0. The van der Waals surface area contributed by atoms with Crippen molar-refractivity contribution in [1.82, 2.24) is 9.88 Å². The number of carbonyl (C=O) groups excluding carboxylic acids is 1. The zero-order valence-electron chi connectivity index (χ0n) is 12.2. The summed E-state index contributed by atoms with van der Waals surface area (Å²) in [4.78, 5) is 19.2. The van der Waals surface area contributed by atoms with Crippen molar-refractivity contribution in [3.63, 3.8) is 0 Å². The molecule has 1 saturated heterocycles. The van der Waals surface area contributed by atoms with Crippen LogP contribution in [-0.4, -0.2) is 35.4 Å². The second-order valence-electron chi connectivity index (χ2n) is 5.50. The molecule has 3 rings (SSSR count). The summed E-state index contributed by atoms with van der Waals surface area (Å²) in [5.74, 6) is 0.736. The van der Waals surface area contributed by atoms with Gasteiger partial charge in [-0.05, 0) is 30.5 Å². The molecule has 2 N–H and O–H groups in total. The smallest absolute Gasteiger partial charge is 0.265 e. The van der Waals surface area contributed by atoms with E-state index in [1.54, 1.807) is 12.5 Å². The topological polar surface area (TPSA) is 72.4 Å². The molecule has 2 aromatic heterocycles. The minimum Gasteiger partial charge on any atom is -0.462 e. The SMILES string of the molecule is CC1(CN)CCN(C(=O)c2cnc(-c3ccco3)s2)C1.Cl.Cl. The van der Waals surface area contributed by atoms with Gasteiger partial charge in [-0.1, -0.05) is 6.92 Å². The van der Waals surface area contributed by atoms with Crippen molar-refractivity contribution in [2.24, 2.45) is 11.1 Å². The Hall–Kier alpha value is -1.08. The first-order valence-corrected chi connectivity index (χ1v) is 7.42. The van der Waals surface area contributed by atoms with Crippen molar-refractivity contribution >= 4 is 42.1 Å². The average molecular weight is 364 g/mol. The maximum atomic E-state index is 12.5. The molecule has 1 atom stereocenters. The fraction of sp³-hybridized carbons (Fsp3) is 0.429. The van der Waals surface area contributed by atoms with E-state index in [1.165, 1.54) is 11.3 Å². The van der Waals surface area contributed by atoms with E-state index in [1.807, 2.05) is 17.0 Å². The fourth-order valence-electron chi connectivity index (χ4n) is 2.41. The van der Waals surface area contributed by atoms with Crippen LogP contribution in [0.25, 0.3) is 10.8 Å². The molecule has 0 bridgehead atoms. The van der Waals surface area contributed by atoms with Gasteiger partial charge in [0.25, 0.3) is 5.91 Å². The van der Waals surface area contributed by atoms with E-state index in [0.717, 1.165) is 24.5 Å². The predicted molar refractivity (Wildman–Crippen MR) is 92.0 cm³/mol. The number of hydrogen-bond acceptors (Lipinski definition) is 5. The molecular weight excluding hydrogens is 345 g/mol. The van der Waals surface area contributed by atoms with Crippen LogP contribution in [0.1, 0.15) is 23.0 Å². The van der Waals surface area contributed by atoms with Crippen molar-refractivity contribution in [3.8, 4) is 10.8 Å². The number of nitrogens with two attached hydrogens (primary N) is 1. The summed E-state index contributed by atoms with van der Waals surface area (Å²) in [6.07, 6.45) is 4.19. The Morgan fingerprint density at radius 2 is 2.32 bits per heavy atom. The number of nitrogens with zero attached hydrogens (tertiary/aromatic N) is 2. The number of aromatic nitrogens is 1. The van der Waals surface area contributed by atoms with Gasteiger partial charge in [0.15, 0.2) is 10.8 Å². The number of thiazole rings is 1. The Bertz CT molecular complexity index is 617. The van der Waals surface area contributed by atoms with E-state index >= 15 is 0 Å². The Morgan fingerprint density at radius 3 is 2.91 bits per heavy atom. The summed E-state index contributed by atoms with van der Waals surface area (Å²) in [6, 6.07) is 3.65. The Kier molecular flexibility index (Phi) is 6.43. The molecule has 0 spiro atoms. The maximum absolute atomic E-state index is 12.5. The molecule has 0 aliphatic carbocycles. The maximum Gasteiger partial charge on any atom is 0.265 e. The largest absolute Gasteiger partial charge is 0.462 e. The third-order valence-electron chi connectivity index (χ3n) is 3.79. The number of carbonyl (C=O) groups is 1. The van der Waals surface area contributed by atoms with Crippen LogP contribution in [0.3, 0.4) is 0 Å². The van der Waals surface area contributed by atoms with E-state index in [-0.39, 0.29) is 36.1 Å². The normalized spacial score (nSPS) is 20.4. The molecule has 3 heterocycles. The summed E-state index contributed by atoms with van der Waals surface area (Å²) >= 11 is 1.37. The number of amides is 1. The molecule has 1 amide bonds. The Morgan fingerprint density at radius 1 is 1.55 bits per heavy atom. The predicted octanol–water partition coefficient (Wildman–Crippen LogP) is 3.06. The van der Waals surface area contributed by atoms with Crippen LogP contribution in [0.5, 0.6) is 0 Å². The Balaban J connectivity index is 0.00000121. The summed E-state index contributed by atoms with van der Waals surface area (Å²) < 4.78 is 5.30. The first kappa shape index (κ1) is 19.0. The lowest BCUT2D eigenvalue weighted by Gasteiger charge is -2.22. The van der Waals surface area contributed by atoms with Crippen LogP contribution in [0, 0.1) is 5.41 Å². The van der Waals surface area contributed by atoms with Crippen LogP contribution in [0.2, 0.25) is 0 Å². The summed E-state index contributed by atoms with van der Waals surface area (Å²) in [5.41, 5.74) is 5.82. The number of halogens is 2. The second kappa shape index (κ2) is 7.46. The third kappa shape index (κ3) is 3.63. The molecule has 8 heteroatoms. The number of hydrogen-bond donors (Lipinski definition) is 1. The highest BCUT2D eigenvalue weighted by Gasteiger charge is 2.35. The monoisotopic (exact) mass is 363 g/mol. The van der Waals surface area contributed by atoms with Crippen molar-refractivity contribution in [1.29, 1.82) is 0 Å². The summed E-state index contributed by atoms with van der Waals surface area (Å²) in [6.45, 7) is 4.22. The molecule has 1 aliphatic rings. The van der Waals surface area contributed by atoms with Gasteiger partial charge >= 0.3 is 0 Å². The van der Waals surface area contributed by atoms with E-state index < -0.39 is 0 Å². The van der Waals surface area contributed by atoms with Crippen molar-refractivity contribution < 1.29 is 9.21 Å².